The van der Waals surface area contributed by atoms with Crippen LogP contribution >= 0.6 is 0 Å². The molecule has 1 amide bonds. The number of aryl methyl sites for hydroxylation is 2. The van der Waals surface area contributed by atoms with Crippen molar-refractivity contribution in [1.29, 1.82) is 0 Å². The molecular weight excluding hydrogens is 342 g/mol. The minimum absolute atomic E-state index is 0.0419. The Morgan fingerprint density at radius 1 is 1.15 bits per heavy atom. The molecule has 0 radical (unpaired) electrons. The highest BCUT2D eigenvalue weighted by molar-refractivity contribution is 5.80. The van der Waals surface area contributed by atoms with Crippen molar-refractivity contribution in [1.82, 2.24) is 24.5 Å². The summed E-state index contributed by atoms with van der Waals surface area (Å²) in [4.78, 5) is 27.4. The molecule has 0 unspecified atom stereocenters. The molecule has 1 aliphatic rings. The molecule has 0 bridgehead atoms. The predicted octanol–water partition coefficient (Wildman–Crippen LogP) is 2.33. The van der Waals surface area contributed by atoms with Crippen molar-refractivity contribution in [2.45, 2.75) is 47.1 Å². The summed E-state index contributed by atoms with van der Waals surface area (Å²) in [7, 11) is 1.88. The van der Waals surface area contributed by atoms with Crippen molar-refractivity contribution in [3.8, 4) is 11.3 Å². The number of amides is 1. The number of carbonyl (C=O) groups excluding carboxylic acids is 1. The zero-order valence-electron chi connectivity index (χ0n) is 17.1. The van der Waals surface area contributed by atoms with Crippen LogP contribution in [-0.4, -0.2) is 43.5 Å². The van der Waals surface area contributed by atoms with Gasteiger partial charge < -0.3 is 4.90 Å². The van der Waals surface area contributed by atoms with E-state index in [0.29, 0.717) is 17.5 Å². The summed E-state index contributed by atoms with van der Waals surface area (Å²) < 4.78 is 3.11. The second kappa shape index (κ2) is 7.29. The first-order valence-electron chi connectivity index (χ1n) is 9.58. The second-order valence-corrected chi connectivity index (χ2v) is 8.04. The number of aromatic nitrogens is 4. The monoisotopic (exact) mass is 371 g/mol. The van der Waals surface area contributed by atoms with E-state index >= 15 is 0 Å². The Hall–Kier alpha value is -2.44. The SMILES string of the molecule is Cc1nn(C)c(C)c1-c1ccc(=O)n([C@H](C)C(=O)N2C[C@H](C)C[C@@H](C)C2)n1. The number of piperidine rings is 1. The lowest BCUT2D eigenvalue weighted by atomic mass is 9.91. The highest BCUT2D eigenvalue weighted by Gasteiger charge is 2.30. The second-order valence-electron chi connectivity index (χ2n) is 8.04. The summed E-state index contributed by atoms with van der Waals surface area (Å²) in [6, 6.07) is 2.56. The van der Waals surface area contributed by atoms with Gasteiger partial charge in [0.1, 0.15) is 6.04 Å². The first kappa shape index (κ1) is 19.3. The number of likely N-dealkylation sites (tertiary alicyclic amines) is 1. The average Bonchev–Trinajstić information content (AvgIpc) is 2.85. The van der Waals surface area contributed by atoms with Crippen LogP contribution in [0.4, 0.5) is 0 Å². The standard InChI is InChI=1S/C20H29N5O2/c1-12-9-13(2)11-24(10-12)20(27)16(5)25-18(26)8-7-17(22-25)19-14(3)21-23(6)15(19)4/h7-8,12-13,16H,9-11H2,1-6H3/t12-,13-,16-/m1/s1. The van der Waals surface area contributed by atoms with Gasteiger partial charge in [-0.2, -0.15) is 10.2 Å². The van der Waals surface area contributed by atoms with E-state index in [9.17, 15) is 9.59 Å². The molecule has 1 aliphatic heterocycles. The van der Waals surface area contributed by atoms with Gasteiger partial charge in [0.2, 0.25) is 5.91 Å². The zero-order chi connectivity index (χ0) is 19.9. The molecule has 0 aromatic carbocycles. The molecule has 7 nitrogen and oxygen atoms in total. The Labute approximate surface area is 160 Å². The molecule has 0 aliphatic carbocycles. The topological polar surface area (TPSA) is 73.0 Å². The van der Waals surface area contributed by atoms with Crippen molar-refractivity contribution in [2.75, 3.05) is 13.1 Å². The fraction of sp³-hybridized carbons (Fsp3) is 0.600. The molecule has 0 saturated carbocycles. The lowest BCUT2D eigenvalue weighted by Gasteiger charge is -2.36. The van der Waals surface area contributed by atoms with Gasteiger partial charge in [-0.3, -0.25) is 14.3 Å². The quantitative estimate of drug-likeness (QED) is 0.830. The highest BCUT2D eigenvalue weighted by Crippen LogP contribution is 2.25. The third-order valence-corrected chi connectivity index (χ3v) is 5.49. The summed E-state index contributed by atoms with van der Waals surface area (Å²) >= 11 is 0. The molecule has 1 fully saturated rings. The van der Waals surface area contributed by atoms with Crippen LogP contribution in [0.1, 0.15) is 44.6 Å². The first-order valence-corrected chi connectivity index (χ1v) is 9.58. The summed E-state index contributed by atoms with van der Waals surface area (Å²) in [6.45, 7) is 11.5. The van der Waals surface area contributed by atoms with E-state index in [2.05, 4.69) is 24.0 Å². The van der Waals surface area contributed by atoms with Crippen LogP contribution in [0.5, 0.6) is 0 Å². The molecular formula is C20H29N5O2. The van der Waals surface area contributed by atoms with Gasteiger partial charge in [-0.05, 0) is 45.1 Å². The first-order chi connectivity index (χ1) is 12.7. The lowest BCUT2D eigenvalue weighted by Crippen LogP contribution is -2.46. The number of hydrogen-bond acceptors (Lipinski definition) is 4. The molecule has 27 heavy (non-hydrogen) atoms. The Morgan fingerprint density at radius 2 is 1.78 bits per heavy atom. The van der Waals surface area contributed by atoms with Gasteiger partial charge in [0, 0.05) is 37.5 Å². The van der Waals surface area contributed by atoms with Gasteiger partial charge in [0.15, 0.2) is 0 Å². The predicted molar refractivity (Wildman–Crippen MR) is 104 cm³/mol. The van der Waals surface area contributed by atoms with Crippen molar-refractivity contribution in [3.63, 3.8) is 0 Å². The normalized spacial score (nSPS) is 21.3. The van der Waals surface area contributed by atoms with Crippen LogP contribution in [0.15, 0.2) is 16.9 Å². The van der Waals surface area contributed by atoms with E-state index in [1.54, 1.807) is 17.7 Å². The number of rotatable bonds is 3. The number of carbonyl (C=O) groups is 1. The van der Waals surface area contributed by atoms with Gasteiger partial charge in [-0.25, -0.2) is 4.68 Å². The Bertz CT molecular complexity index is 904. The van der Waals surface area contributed by atoms with E-state index in [-0.39, 0.29) is 11.5 Å². The minimum Gasteiger partial charge on any atom is -0.340 e. The fourth-order valence-electron chi connectivity index (χ4n) is 4.19. The molecule has 0 spiro atoms. The average molecular weight is 371 g/mol. The summed E-state index contributed by atoms with van der Waals surface area (Å²) in [5.74, 6) is 0.906. The molecule has 2 aromatic heterocycles. The molecule has 1 saturated heterocycles. The minimum atomic E-state index is -0.632. The smallest absolute Gasteiger partial charge is 0.267 e. The van der Waals surface area contributed by atoms with E-state index in [1.165, 1.54) is 10.7 Å². The Morgan fingerprint density at radius 3 is 2.33 bits per heavy atom. The van der Waals surface area contributed by atoms with Gasteiger partial charge >= 0.3 is 0 Å². The largest absolute Gasteiger partial charge is 0.340 e. The zero-order valence-corrected chi connectivity index (χ0v) is 17.1. The maximum Gasteiger partial charge on any atom is 0.267 e. The number of hydrogen-bond donors (Lipinski definition) is 0. The van der Waals surface area contributed by atoms with Crippen LogP contribution < -0.4 is 5.56 Å². The van der Waals surface area contributed by atoms with Crippen LogP contribution in [-0.2, 0) is 11.8 Å². The summed E-state index contributed by atoms with van der Waals surface area (Å²) in [5.41, 5.74) is 3.13. The van der Waals surface area contributed by atoms with E-state index in [4.69, 9.17) is 0 Å². The van der Waals surface area contributed by atoms with Gasteiger partial charge in [0.25, 0.3) is 5.56 Å². The Kier molecular flexibility index (Phi) is 5.22. The van der Waals surface area contributed by atoms with Crippen LogP contribution in [0.3, 0.4) is 0 Å². The Balaban J connectivity index is 1.94. The molecule has 7 heteroatoms. The van der Waals surface area contributed by atoms with E-state index < -0.39 is 6.04 Å². The molecule has 0 N–H and O–H groups in total. The van der Waals surface area contributed by atoms with Crippen molar-refractivity contribution >= 4 is 5.91 Å². The molecule has 3 rings (SSSR count). The van der Waals surface area contributed by atoms with Crippen LogP contribution in [0.25, 0.3) is 11.3 Å². The van der Waals surface area contributed by atoms with Gasteiger partial charge in [-0.1, -0.05) is 13.8 Å². The molecule has 146 valence electrons. The third-order valence-electron chi connectivity index (χ3n) is 5.49. The molecule has 2 aromatic rings. The van der Waals surface area contributed by atoms with Crippen molar-refractivity contribution in [2.24, 2.45) is 18.9 Å². The number of nitrogens with zero attached hydrogens (tertiary/aromatic N) is 5. The van der Waals surface area contributed by atoms with E-state index in [1.807, 2.05) is 25.8 Å². The molecule has 3 heterocycles. The van der Waals surface area contributed by atoms with Gasteiger partial charge in [0.05, 0.1) is 11.4 Å². The third kappa shape index (κ3) is 3.68. The summed E-state index contributed by atoms with van der Waals surface area (Å²) in [6.07, 6.45) is 1.13. The highest BCUT2D eigenvalue weighted by atomic mass is 16.2. The van der Waals surface area contributed by atoms with Crippen LogP contribution in [0.2, 0.25) is 0 Å². The van der Waals surface area contributed by atoms with Gasteiger partial charge in [-0.15, -0.1) is 0 Å². The van der Waals surface area contributed by atoms with Crippen molar-refractivity contribution in [3.05, 3.63) is 33.9 Å². The van der Waals surface area contributed by atoms with Crippen molar-refractivity contribution < 1.29 is 4.79 Å². The van der Waals surface area contributed by atoms with E-state index in [0.717, 1.165) is 36.5 Å². The lowest BCUT2D eigenvalue weighted by molar-refractivity contribution is -0.137. The maximum atomic E-state index is 13.0. The molecule has 3 atom stereocenters. The summed E-state index contributed by atoms with van der Waals surface area (Å²) in [5, 5.41) is 8.96. The van der Waals surface area contributed by atoms with Crippen LogP contribution in [0, 0.1) is 25.7 Å². The maximum absolute atomic E-state index is 13.0. The fourth-order valence-corrected chi connectivity index (χ4v) is 4.19.